The Morgan fingerprint density at radius 2 is 1.88 bits per heavy atom. The van der Waals surface area contributed by atoms with Gasteiger partial charge in [-0.1, -0.05) is 12.5 Å². The summed E-state index contributed by atoms with van der Waals surface area (Å²) in [5, 5.41) is 0. The largest absolute Gasteiger partial charge is 0.451 e. The zero-order chi connectivity index (χ0) is 17.2. The molecule has 2 fully saturated rings. The Balaban J connectivity index is 1.78. The Morgan fingerprint density at radius 1 is 1.12 bits per heavy atom. The summed E-state index contributed by atoms with van der Waals surface area (Å²) in [6.07, 6.45) is 3.74. The molecule has 0 unspecified atom stereocenters. The van der Waals surface area contributed by atoms with Crippen LogP contribution in [0.3, 0.4) is 0 Å². The monoisotopic (exact) mass is 351 g/mol. The Bertz CT molecular complexity index is 737. The number of esters is 1. The molecular formula is C17H21NO5S. The molecule has 130 valence electrons. The first kappa shape index (κ1) is 17.1. The van der Waals surface area contributed by atoms with Gasteiger partial charge in [0.05, 0.1) is 10.5 Å². The maximum atomic E-state index is 12.7. The molecule has 24 heavy (non-hydrogen) atoms. The van der Waals surface area contributed by atoms with Crippen LogP contribution in [0.15, 0.2) is 29.2 Å². The van der Waals surface area contributed by atoms with Gasteiger partial charge in [0, 0.05) is 19.5 Å². The fraction of sp³-hybridized carbons (Fsp3) is 0.529. The van der Waals surface area contributed by atoms with Crippen molar-refractivity contribution >= 4 is 21.8 Å². The van der Waals surface area contributed by atoms with Gasteiger partial charge in [-0.2, -0.15) is 4.31 Å². The lowest BCUT2D eigenvalue weighted by Crippen LogP contribution is -2.35. The van der Waals surface area contributed by atoms with E-state index < -0.39 is 22.1 Å². The molecule has 0 bridgehead atoms. The van der Waals surface area contributed by atoms with Crippen molar-refractivity contribution < 1.29 is 22.7 Å². The van der Waals surface area contributed by atoms with E-state index in [2.05, 4.69) is 0 Å². The number of ketones is 1. The molecule has 1 aromatic rings. The van der Waals surface area contributed by atoms with Crippen molar-refractivity contribution in [3.63, 3.8) is 0 Å². The number of rotatable bonds is 4. The molecule has 2 aliphatic rings. The van der Waals surface area contributed by atoms with Crippen molar-refractivity contribution in [1.82, 2.24) is 4.31 Å². The van der Waals surface area contributed by atoms with Crippen molar-refractivity contribution in [1.29, 1.82) is 0 Å². The van der Waals surface area contributed by atoms with Crippen LogP contribution in [0.2, 0.25) is 0 Å². The van der Waals surface area contributed by atoms with Gasteiger partial charge in [-0.05, 0) is 43.9 Å². The van der Waals surface area contributed by atoms with E-state index in [0.29, 0.717) is 25.9 Å². The Morgan fingerprint density at radius 3 is 2.54 bits per heavy atom. The summed E-state index contributed by atoms with van der Waals surface area (Å²) in [6, 6.07) is 5.87. The van der Waals surface area contributed by atoms with E-state index in [-0.39, 0.29) is 16.2 Å². The number of carbonyl (C=O) groups is 2. The predicted octanol–water partition coefficient (Wildman–Crippen LogP) is 2.14. The fourth-order valence-corrected chi connectivity index (χ4v) is 4.71. The van der Waals surface area contributed by atoms with Gasteiger partial charge in [-0.3, -0.25) is 4.79 Å². The van der Waals surface area contributed by atoms with Crippen molar-refractivity contribution in [3.05, 3.63) is 29.8 Å². The first-order valence-corrected chi connectivity index (χ1v) is 9.76. The predicted molar refractivity (Wildman–Crippen MR) is 87.1 cm³/mol. The first-order valence-electron chi connectivity index (χ1n) is 8.32. The van der Waals surface area contributed by atoms with Gasteiger partial charge >= 0.3 is 5.97 Å². The molecule has 6 nitrogen and oxygen atoms in total. The van der Waals surface area contributed by atoms with Gasteiger partial charge in [-0.25, -0.2) is 13.2 Å². The average molecular weight is 351 g/mol. The lowest BCUT2D eigenvalue weighted by atomic mass is 10.2. The van der Waals surface area contributed by atoms with Gasteiger partial charge in [0.2, 0.25) is 10.0 Å². The molecular weight excluding hydrogens is 330 g/mol. The fourth-order valence-electron chi connectivity index (χ4n) is 3.14. The molecule has 7 heteroatoms. The van der Waals surface area contributed by atoms with E-state index in [4.69, 9.17) is 4.74 Å². The van der Waals surface area contributed by atoms with Crippen LogP contribution in [0.1, 0.15) is 48.9 Å². The van der Waals surface area contributed by atoms with Gasteiger partial charge in [0.1, 0.15) is 0 Å². The van der Waals surface area contributed by atoms with E-state index in [1.54, 1.807) is 0 Å². The number of nitrogens with zero attached hydrogens (tertiary/aromatic N) is 1. The Kier molecular flexibility index (Phi) is 5.01. The topological polar surface area (TPSA) is 80.8 Å². The number of piperidine rings is 1. The lowest BCUT2D eigenvalue weighted by Gasteiger charge is -2.26. The van der Waals surface area contributed by atoms with E-state index in [9.17, 15) is 18.0 Å². The van der Waals surface area contributed by atoms with Crippen molar-refractivity contribution in [2.75, 3.05) is 13.1 Å². The lowest BCUT2D eigenvalue weighted by molar-refractivity contribution is -0.124. The van der Waals surface area contributed by atoms with Crippen molar-refractivity contribution in [3.8, 4) is 0 Å². The molecule has 0 aromatic heterocycles. The standard InChI is InChI=1S/C17H21NO5S/c19-15-8-5-9-16(15)23-17(20)13-6-4-7-14(12-13)24(21,22)18-10-2-1-3-11-18/h4,6-7,12,16H,1-3,5,8-11H2/t16-/m1/s1. The van der Waals surface area contributed by atoms with Crippen LogP contribution in [0, 0.1) is 0 Å². The van der Waals surface area contributed by atoms with Crippen LogP contribution < -0.4 is 0 Å². The summed E-state index contributed by atoms with van der Waals surface area (Å²) < 4.78 is 32.0. The van der Waals surface area contributed by atoms with Crippen LogP contribution in [0.4, 0.5) is 0 Å². The van der Waals surface area contributed by atoms with Gasteiger partial charge in [0.15, 0.2) is 11.9 Å². The second kappa shape index (κ2) is 7.03. The van der Waals surface area contributed by atoms with Crippen LogP contribution in [0.25, 0.3) is 0 Å². The Labute approximate surface area is 141 Å². The highest BCUT2D eigenvalue weighted by Gasteiger charge is 2.30. The summed E-state index contributed by atoms with van der Waals surface area (Å²) >= 11 is 0. The zero-order valence-electron chi connectivity index (χ0n) is 13.4. The number of carbonyl (C=O) groups excluding carboxylic acids is 2. The molecule has 1 aliphatic heterocycles. The molecule has 1 saturated carbocycles. The molecule has 0 N–H and O–H groups in total. The molecule has 0 radical (unpaired) electrons. The highest BCUT2D eigenvalue weighted by molar-refractivity contribution is 7.89. The summed E-state index contributed by atoms with van der Waals surface area (Å²) in [5.74, 6) is -0.716. The third-order valence-electron chi connectivity index (χ3n) is 4.52. The zero-order valence-corrected chi connectivity index (χ0v) is 14.3. The van der Waals surface area contributed by atoms with Crippen molar-refractivity contribution in [2.45, 2.75) is 49.5 Å². The maximum Gasteiger partial charge on any atom is 0.338 e. The SMILES string of the molecule is O=C(O[C@@H]1CCCC1=O)c1cccc(S(=O)(=O)N2CCCCC2)c1. The van der Waals surface area contributed by atoms with Gasteiger partial charge in [0.25, 0.3) is 0 Å². The van der Waals surface area contributed by atoms with E-state index in [1.807, 2.05) is 0 Å². The first-order chi connectivity index (χ1) is 11.5. The number of hydrogen-bond acceptors (Lipinski definition) is 5. The molecule has 3 rings (SSSR count). The maximum absolute atomic E-state index is 12.7. The number of hydrogen-bond donors (Lipinski definition) is 0. The van der Waals surface area contributed by atoms with Crippen LogP contribution in [-0.2, 0) is 19.6 Å². The van der Waals surface area contributed by atoms with Gasteiger partial charge < -0.3 is 4.74 Å². The number of sulfonamides is 1. The molecule has 1 aromatic carbocycles. The number of ether oxygens (including phenoxy) is 1. The van der Waals surface area contributed by atoms with E-state index in [1.165, 1.54) is 28.6 Å². The molecule has 0 spiro atoms. The van der Waals surface area contributed by atoms with Crippen LogP contribution >= 0.6 is 0 Å². The molecule has 1 heterocycles. The minimum absolute atomic E-state index is 0.0690. The van der Waals surface area contributed by atoms with Crippen LogP contribution in [-0.4, -0.2) is 43.7 Å². The second-order valence-electron chi connectivity index (χ2n) is 6.25. The third kappa shape index (κ3) is 3.52. The number of benzene rings is 1. The third-order valence-corrected chi connectivity index (χ3v) is 6.42. The van der Waals surface area contributed by atoms with Crippen molar-refractivity contribution in [2.24, 2.45) is 0 Å². The minimum Gasteiger partial charge on any atom is -0.451 e. The molecule has 0 amide bonds. The van der Waals surface area contributed by atoms with E-state index >= 15 is 0 Å². The molecule has 1 aliphatic carbocycles. The Hall–Kier alpha value is -1.73. The normalized spacial score (nSPS) is 22.5. The summed E-state index contributed by atoms with van der Waals surface area (Å²) in [7, 11) is -3.60. The van der Waals surface area contributed by atoms with E-state index in [0.717, 1.165) is 25.7 Å². The minimum atomic E-state index is -3.60. The van der Waals surface area contributed by atoms with Gasteiger partial charge in [-0.15, -0.1) is 0 Å². The smallest absolute Gasteiger partial charge is 0.338 e. The van der Waals surface area contributed by atoms with Crippen LogP contribution in [0.5, 0.6) is 0 Å². The summed E-state index contributed by atoms with van der Waals surface area (Å²) in [6.45, 7) is 1.02. The number of Topliss-reactive ketones (excluding diaryl/α,β-unsaturated/α-hetero) is 1. The summed E-state index contributed by atoms with van der Waals surface area (Å²) in [5.41, 5.74) is 0.160. The second-order valence-corrected chi connectivity index (χ2v) is 8.18. The highest BCUT2D eigenvalue weighted by atomic mass is 32.2. The summed E-state index contributed by atoms with van der Waals surface area (Å²) in [4.78, 5) is 23.9. The molecule has 1 saturated heterocycles. The quantitative estimate of drug-likeness (QED) is 0.777. The highest BCUT2D eigenvalue weighted by Crippen LogP contribution is 2.23. The molecule has 1 atom stereocenters. The average Bonchev–Trinajstić information content (AvgIpc) is 3.00.